The van der Waals surface area contributed by atoms with Gasteiger partial charge >= 0.3 is 0 Å². The van der Waals surface area contributed by atoms with E-state index in [4.69, 9.17) is 9.47 Å². The van der Waals surface area contributed by atoms with E-state index in [2.05, 4.69) is 33.6 Å². The van der Waals surface area contributed by atoms with Crippen molar-refractivity contribution in [1.29, 1.82) is 0 Å². The van der Waals surface area contributed by atoms with Crippen LogP contribution in [0.5, 0.6) is 11.5 Å². The van der Waals surface area contributed by atoms with Crippen molar-refractivity contribution in [3.8, 4) is 11.5 Å². The largest absolute Gasteiger partial charge is 0.454 e. The van der Waals surface area contributed by atoms with Crippen molar-refractivity contribution >= 4 is 27.7 Å². The van der Waals surface area contributed by atoms with Gasteiger partial charge in [0.15, 0.2) is 11.5 Å². The van der Waals surface area contributed by atoms with Gasteiger partial charge in [-0.2, -0.15) is 11.8 Å². The molecule has 1 aromatic carbocycles. The molecule has 0 saturated carbocycles. The second-order valence-corrected chi connectivity index (χ2v) is 6.72. The molecule has 0 saturated heterocycles. The maximum atomic E-state index is 5.40. The van der Waals surface area contributed by atoms with Crippen LogP contribution in [0.1, 0.15) is 31.2 Å². The molecule has 1 N–H and O–H groups in total. The summed E-state index contributed by atoms with van der Waals surface area (Å²) in [6.45, 7) is 2.26. The third-order valence-corrected chi connectivity index (χ3v) is 4.74. The summed E-state index contributed by atoms with van der Waals surface area (Å²) in [5.41, 5.74) is 1.22. The van der Waals surface area contributed by atoms with Crippen molar-refractivity contribution in [3.63, 3.8) is 0 Å². The summed E-state index contributed by atoms with van der Waals surface area (Å²) in [5, 5.41) is 3.49. The van der Waals surface area contributed by atoms with Gasteiger partial charge in [0.2, 0.25) is 6.79 Å². The SMILES string of the molecule is CSCCCCCCNCc1cc2c(cc1Br)OCO2. The summed E-state index contributed by atoms with van der Waals surface area (Å²) in [4.78, 5) is 0. The molecule has 0 fully saturated rings. The zero-order valence-electron chi connectivity index (χ0n) is 11.9. The number of hydrogen-bond acceptors (Lipinski definition) is 4. The molecule has 1 aliphatic rings. The van der Waals surface area contributed by atoms with E-state index >= 15 is 0 Å². The highest BCUT2D eigenvalue weighted by atomic mass is 79.9. The molecular formula is C15H22BrNO2S. The lowest BCUT2D eigenvalue weighted by molar-refractivity contribution is 0.174. The van der Waals surface area contributed by atoms with Crippen molar-refractivity contribution in [2.75, 3.05) is 25.3 Å². The summed E-state index contributed by atoms with van der Waals surface area (Å²) in [5.74, 6) is 2.97. The van der Waals surface area contributed by atoms with Crippen molar-refractivity contribution in [2.24, 2.45) is 0 Å². The monoisotopic (exact) mass is 359 g/mol. The molecule has 0 amide bonds. The van der Waals surface area contributed by atoms with Crippen LogP contribution >= 0.6 is 27.7 Å². The first-order chi connectivity index (χ1) is 9.81. The fourth-order valence-electron chi connectivity index (χ4n) is 2.17. The average Bonchev–Trinajstić information content (AvgIpc) is 2.88. The van der Waals surface area contributed by atoms with Gasteiger partial charge in [-0.25, -0.2) is 0 Å². The zero-order chi connectivity index (χ0) is 14.2. The van der Waals surface area contributed by atoms with E-state index in [9.17, 15) is 0 Å². The number of nitrogens with one attached hydrogen (secondary N) is 1. The lowest BCUT2D eigenvalue weighted by atomic mass is 10.2. The Kier molecular flexibility index (Phi) is 7.03. The van der Waals surface area contributed by atoms with Crippen LogP contribution < -0.4 is 14.8 Å². The molecule has 1 aliphatic heterocycles. The van der Waals surface area contributed by atoms with E-state index in [0.29, 0.717) is 6.79 Å². The maximum Gasteiger partial charge on any atom is 0.231 e. The second-order valence-electron chi connectivity index (χ2n) is 4.88. The Morgan fingerprint density at radius 3 is 2.70 bits per heavy atom. The van der Waals surface area contributed by atoms with E-state index in [1.165, 1.54) is 37.0 Å². The van der Waals surface area contributed by atoms with Crippen LogP contribution in [0.2, 0.25) is 0 Å². The number of benzene rings is 1. The molecule has 0 spiro atoms. The number of fused-ring (bicyclic) bond motifs is 1. The quantitative estimate of drug-likeness (QED) is 0.669. The molecule has 2 rings (SSSR count). The molecule has 112 valence electrons. The molecule has 20 heavy (non-hydrogen) atoms. The Bertz CT molecular complexity index is 429. The topological polar surface area (TPSA) is 30.5 Å². The van der Waals surface area contributed by atoms with Gasteiger partial charge in [0.25, 0.3) is 0 Å². The third-order valence-electron chi connectivity index (χ3n) is 3.31. The predicted molar refractivity (Wildman–Crippen MR) is 88.8 cm³/mol. The normalized spacial score (nSPS) is 12.9. The fourth-order valence-corrected chi connectivity index (χ4v) is 3.12. The Morgan fingerprint density at radius 2 is 1.90 bits per heavy atom. The number of rotatable bonds is 9. The highest BCUT2D eigenvalue weighted by Crippen LogP contribution is 2.36. The standard InChI is InChI=1S/C15H22BrNO2S/c1-20-7-5-3-2-4-6-17-10-12-8-14-15(9-13(12)16)19-11-18-14/h8-9,17H,2-7,10-11H2,1H3. The first-order valence-electron chi connectivity index (χ1n) is 7.09. The van der Waals surface area contributed by atoms with Gasteiger partial charge in [0.05, 0.1) is 0 Å². The van der Waals surface area contributed by atoms with Crippen LogP contribution in [-0.2, 0) is 6.54 Å². The van der Waals surface area contributed by atoms with Crippen molar-refractivity contribution < 1.29 is 9.47 Å². The summed E-state index contributed by atoms with van der Waals surface area (Å²) in [7, 11) is 0. The smallest absolute Gasteiger partial charge is 0.231 e. The third kappa shape index (κ3) is 4.86. The van der Waals surface area contributed by atoms with E-state index in [1.807, 2.05) is 17.8 Å². The summed E-state index contributed by atoms with van der Waals surface area (Å²) in [6, 6.07) is 4.04. The molecule has 0 bridgehead atoms. The number of hydrogen-bond donors (Lipinski definition) is 1. The number of unbranched alkanes of at least 4 members (excludes halogenated alkanes) is 3. The molecule has 0 atom stereocenters. The minimum absolute atomic E-state index is 0.328. The highest BCUT2D eigenvalue weighted by Gasteiger charge is 2.15. The average molecular weight is 360 g/mol. The van der Waals surface area contributed by atoms with Crippen LogP contribution in [-0.4, -0.2) is 25.3 Å². The molecule has 0 unspecified atom stereocenters. The highest BCUT2D eigenvalue weighted by molar-refractivity contribution is 9.10. The molecular weight excluding hydrogens is 338 g/mol. The summed E-state index contributed by atoms with van der Waals surface area (Å²) in [6.07, 6.45) is 7.42. The van der Waals surface area contributed by atoms with E-state index in [1.54, 1.807) is 0 Å². The van der Waals surface area contributed by atoms with Gasteiger partial charge in [-0.05, 0) is 49.1 Å². The number of halogens is 1. The molecule has 3 nitrogen and oxygen atoms in total. The van der Waals surface area contributed by atoms with Crippen molar-refractivity contribution in [1.82, 2.24) is 5.32 Å². The van der Waals surface area contributed by atoms with Gasteiger partial charge in [0, 0.05) is 11.0 Å². The van der Waals surface area contributed by atoms with Gasteiger partial charge in [-0.1, -0.05) is 28.8 Å². The molecule has 0 aliphatic carbocycles. The van der Waals surface area contributed by atoms with Crippen LogP contribution in [0.15, 0.2) is 16.6 Å². The zero-order valence-corrected chi connectivity index (χ0v) is 14.3. The molecule has 5 heteroatoms. The Hall–Kier alpha value is -0.390. The van der Waals surface area contributed by atoms with Crippen molar-refractivity contribution in [3.05, 3.63) is 22.2 Å². The summed E-state index contributed by atoms with van der Waals surface area (Å²) < 4.78 is 11.8. The van der Waals surface area contributed by atoms with Gasteiger partial charge in [0.1, 0.15) is 0 Å². The molecule has 0 aromatic heterocycles. The van der Waals surface area contributed by atoms with Gasteiger partial charge < -0.3 is 14.8 Å². The van der Waals surface area contributed by atoms with E-state index in [0.717, 1.165) is 29.1 Å². The first-order valence-corrected chi connectivity index (χ1v) is 9.27. The lowest BCUT2D eigenvalue weighted by Crippen LogP contribution is -2.15. The summed E-state index contributed by atoms with van der Waals surface area (Å²) >= 11 is 5.52. The first kappa shape index (κ1) is 16.0. The fraction of sp³-hybridized carbons (Fsp3) is 0.600. The van der Waals surface area contributed by atoms with E-state index < -0.39 is 0 Å². The Morgan fingerprint density at radius 1 is 1.15 bits per heavy atom. The van der Waals surface area contributed by atoms with Crippen LogP contribution in [0.4, 0.5) is 0 Å². The Balaban J connectivity index is 1.64. The van der Waals surface area contributed by atoms with Gasteiger partial charge in [-0.3, -0.25) is 0 Å². The van der Waals surface area contributed by atoms with Crippen molar-refractivity contribution in [2.45, 2.75) is 32.2 Å². The van der Waals surface area contributed by atoms with Gasteiger partial charge in [-0.15, -0.1) is 0 Å². The minimum Gasteiger partial charge on any atom is -0.454 e. The Labute approximate surface area is 133 Å². The number of ether oxygens (including phenoxy) is 2. The maximum absolute atomic E-state index is 5.40. The number of thioether (sulfide) groups is 1. The minimum atomic E-state index is 0.328. The molecule has 1 heterocycles. The van der Waals surface area contributed by atoms with E-state index in [-0.39, 0.29) is 0 Å². The lowest BCUT2D eigenvalue weighted by Gasteiger charge is -2.08. The van der Waals surface area contributed by atoms with Crippen LogP contribution in [0, 0.1) is 0 Å². The van der Waals surface area contributed by atoms with Crippen LogP contribution in [0.3, 0.4) is 0 Å². The molecule has 0 radical (unpaired) electrons. The molecule has 1 aromatic rings. The predicted octanol–water partition coefficient (Wildman–Crippen LogP) is 4.19. The van der Waals surface area contributed by atoms with Crippen LogP contribution in [0.25, 0.3) is 0 Å². The second kappa shape index (κ2) is 8.80.